The van der Waals surface area contributed by atoms with E-state index in [1.54, 1.807) is 7.11 Å². The van der Waals surface area contributed by atoms with Crippen LogP contribution in [0, 0.1) is 5.92 Å². The number of hydrogen-bond acceptors (Lipinski definition) is 2. The molecule has 0 aliphatic carbocycles. The van der Waals surface area contributed by atoms with Crippen LogP contribution in [0.25, 0.3) is 10.9 Å². The third-order valence-corrected chi connectivity index (χ3v) is 5.72. The normalized spacial score (nSPS) is 16.1. The highest BCUT2D eigenvalue weighted by molar-refractivity contribution is 5.86. The van der Waals surface area contributed by atoms with Gasteiger partial charge in [-0.2, -0.15) is 0 Å². The van der Waals surface area contributed by atoms with Gasteiger partial charge in [0.05, 0.1) is 13.2 Å². The van der Waals surface area contributed by atoms with E-state index in [2.05, 4.69) is 54.5 Å². The number of nitrogens with one attached hydrogen (secondary N) is 2. The highest BCUT2D eigenvalue weighted by Gasteiger charge is 2.34. The van der Waals surface area contributed by atoms with Gasteiger partial charge in [-0.1, -0.05) is 44.2 Å². The lowest BCUT2D eigenvalue weighted by Crippen LogP contribution is -2.46. The second-order valence-electron chi connectivity index (χ2n) is 8.10. The van der Waals surface area contributed by atoms with E-state index in [9.17, 15) is 4.79 Å². The van der Waals surface area contributed by atoms with Crippen molar-refractivity contribution in [3.8, 4) is 5.75 Å². The van der Waals surface area contributed by atoms with Crippen molar-refractivity contribution in [3.05, 3.63) is 65.4 Å². The minimum absolute atomic E-state index is 0.00391. The third kappa shape index (κ3) is 3.82. The fourth-order valence-corrected chi connectivity index (χ4v) is 4.16. The minimum atomic E-state index is -0.142. The molecule has 1 atom stereocenters. The lowest BCUT2D eigenvalue weighted by molar-refractivity contribution is 0.179. The number of aromatic amines is 1. The summed E-state index contributed by atoms with van der Waals surface area (Å²) in [7, 11) is 1.67. The maximum atomic E-state index is 13.1. The number of benzene rings is 2. The number of hydrogen-bond donors (Lipinski definition) is 2. The number of carbonyl (C=O) groups excluding carboxylic acids is 1. The maximum absolute atomic E-state index is 13.1. The lowest BCUT2D eigenvalue weighted by Gasteiger charge is -2.36. The van der Waals surface area contributed by atoms with Crippen LogP contribution in [-0.4, -0.2) is 36.1 Å². The standard InChI is InChI=1S/C24H29N3O2/c1-16(2)12-14-25-24(28)27-15-13-20-19-6-4-5-7-21(19)26-22(20)23(27)17-8-10-18(29-3)11-9-17/h4-11,16,23,26H,12-15H2,1-3H3,(H,25,28)/t23-/m1/s1. The third-order valence-electron chi connectivity index (χ3n) is 5.72. The van der Waals surface area contributed by atoms with Gasteiger partial charge in [0.1, 0.15) is 5.75 Å². The van der Waals surface area contributed by atoms with Crippen molar-refractivity contribution in [1.82, 2.24) is 15.2 Å². The topological polar surface area (TPSA) is 57.4 Å². The highest BCUT2D eigenvalue weighted by Crippen LogP contribution is 2.38. The molecule has 0 radical (unpaired) electrons. The first-order valence-electron chi connectivity index (χ1n) is 10.4. The van der Waals surface area contributed by atoms with Crippen molar-refractivity contribution in [2.24, 2.45) is 5.92 Å². The van der Waals surface area contributed by atoms with Crippen LogP contribution in [-0.2, 0) is 6.42 Å². The van der Waals surface area contributed by atoms with E-state index in [0.717, 1.165) is 35.4 Å². The van der Waals surface area contributed by atoms with Crippen molar-refractivity contribution >= 4 is 16.9 Å². The predicted molar refractivity (Wildman–Crippen MR) is 116 cm³/mol. The number of amides is 2. The molecular formula is C24H29N3O2. The van der Waals surface area contributed by atoms with Crippen LogP contribution >= 0.6 is 0 Å². The molecule has 4 rings (SSSR count). The SMILES string of the molecule is COc1ccc([C@@H]2c3[nH]c4ccccc4c3CCN2C(=O)NCCC(C)C)cc1. The van der Waals surface area contributed by atoms with Crippen LogP contribution in [0.5, 0.6) is 5.75 Å². The fourth-order valence-electron chi connectivity index (χ4n) is 4.16. The van der Waals surface area contributed by atoms with E-state index in [4.69, 9.17) is 4.74 Å². The van der Waals surface area contributed by atoms with E-state index in [1.807, 2.05) is 23.1 Å². The number of ether oxygens (including phenoxy) is 1. The molecule has 0 saturated heterocycles. The molecule has 2 aromatic carbocycles. The molecule has 2 amide bonds. The van der Waals surface area contributed by atoms with E-state index >= 15 is 0 Å². The van der Waals surface area contributed by atoms with Crippen LogP contribution in [0.15, 0.2) is 48.5 Å². The zero-order valence-electron chi connectivity index (χ0n) is 17.4. The number of H-pyrrole nitrogens is 1. The van der Waals surface area contributed by atoms with E-state index in [-0.39, 0.29) is 12.1 Å². The minimum Gasteiger partial charge on any atom is -0.497 e. The second-order valence-corrected chi connectivity index (χ2v) is 8.10. The summed E-state index contributed by atoms with van der Waals surface area (Å²) in [5.41, 5.74) is 4.63. The number of urea groups is 1. The Morgan fingerprint density at radius 3 is 2.69 bits per heavy atom. The average Bonchev–Trinajstić information content (AvgIpc) is 3.11. The molecule has 1 aliphatic rings. The molecule has 5 nitrogen and oxygen atoms in total. The fraction of sp³-hybridized carbons (Fsp3) is 0.375. The lowest BCUT2D eigenvalue weighted by atomic mass is 9.92. The van der Waals surface area contributed by atoms with Gasteiger partial charge in [0.25, 0.3) is 0 Å². The van der Waals surface area contributed by atoms with Crippen molar-refractivity contribution in [1.29, 1.82) is 0 Å². The number of para-hydroxylation sites is 1. The summed E-state index contributed by atoms with van der Waals surface area (Å²) in [5.74, 6) is 1.38. The number of nitrogens with zero attached hydrogens (tertiary/aromatic N) is 1. The van der Waals surface area contributed by atoms with Gasteiger partial charge < -0.3 is 19.9 Å². The smallest absolute Gasteiger partial charge is 0.318 e. The molecule has 0 spiro atoms. The molecule has 2 N–H and O–H groups in total. The molecule has 0 fully saturated rings. The van der Waals surface area contributed by atoms with E-state index < -0.39 is 0 Å². The van der Waals surface area contributed by atoms with Crippen molar-refractivity contribution in [3.63, 3.8) is 0 Å². The van der Waals surface area contributed by atoms with Gasteiger partial charge in [0.2, 0.25) is 0 Å². The van der Waals surface area contributed by atoms with Gasteiger partial charge >= 0.3 is 6.03 Å². The number of fused-ring (bicyclic) bond motifs is 3. The zero-order chi connectivity index (χ0) is 20.4. The molecule has 0 unspecified atom stereocenters. The number of methoxy groups -OCH3 is 1. The highest BCUT2D eigenvalue weighted by atomic mass is 16.5. The van der Waals surface area contributed by atoms with Gasteiger partial charge in [-0.25, -0.2) is 4.79 Å². The Kier molecular flexibility index (Phi) is 5.47. The summed E-state index contributed by atoms with van der Waals surface area (Å²) in [6, 6.07) is 16.3. The molecule has 152 valence electrons. The Morgan fingerprint density at radius 2 is 1.97 bits per heavy atom. The monoisotopic (exact) mass is 391 g/mol. The van der Waals surface area contributed by atoms with Crippen LogP contribution in [0.3, 0.4) is 0 Å². The van der Waals surface area contributed by atoms with E-state index in [1.165, 1.54) is 10.9 Å². The van der Waals surface area contributed by atoms with Crippen LogP contribution < -0.4 is 10.1 Å². The van der Waals surface area contributed by atoms with Gasteiger partial charge in [-0.05, 0) is 48.1 Å². The van der Waals surface area contributed by atoms with Crippen molar-refractivity contribution < 1.29 is 9.53 Å². The summed E-state index contributed by atoms with van der Waals surface area (Å²) in [5, 5.41) is 4.37. The summed E-state index contributed by atoms with van der Waals surface area (Å²) < 4.78 is 5.32. The summed E-state index contributed by atoms with van der Waals surface area (Å²) in [6.45, 7) is 5.73. The second kappa shape index (κ2) is 8.19. The van der Waals surface area contributed by atoms with Crippen LogP contribution in [0.4, 0.5) is 4.79 Å². The Morgan fingerprint density at radius 1 is 1.21 bits per heavy atom. The first-order valence-corrected chi connectivity index (χ1v) is 10.4. The quantitative estimate of drug-likeness (QED) is 0.651. The van der Waals surface area contributed by atoms with E-state index in [0.29, 0.717) is 19.0 Å². The largest absolute Gasteiger partial charge is 0.497 e. The molecule has 0 bridgehead atoms. The van der Waals surface area contributed by atoms with Crippen molar-refractivity contribution in [2.45, 2.75) is 32.7 Å². The summed E-state index contributed by atoms with van der Waals surface area (Å²) in [6.07, 6.45) is 1.83. The Hall–Kier alpha value is -2.95. The van der Waals surface area contributed by atoms with Crippen molar-refractivity contribution in [2.75, 3.05) is 20.2 Å². The molecule has 2 heterocycles. The Labute approximate surface area is 172 Å². The van der Waals surface area contributed by atoms with Crippen LogP contribution in [0.1, 0.15) is 43.1 Å². The molecular weight excluding hydrogens is 362 g/mol. The zero-order valence-corrected chi connectivity index (χ0v) is 17.4. The van der Waals surface area contributed by atoms with Gasteiger partial charge in [0, 0.05) is 29.7 Å². The summed E-state index contributed by atoms with van der Waals surface area (Å²) >= 11 is 0. The molecule has 1 aromatic heterocycles. The molecule has 1 aliphatic heterocycles. The first kappa shape index (κ1) is 19.4. The maximum Gasteiger partial charge on any atom is 0.318 e. The summed E-state index contributed by atoms with van der Waals surface area (Å²) in [4.78, 5) is 18.6. The number of rotatable bonds is 5. The Balaban J connectivity index is 1.72. The van der Waals surface area contributed by atoms with Gasteiger partial charge in [0.15, 0.2) is 0 Å². The molecule has 0 saturated carbocycles. The molecule has 3 aromatic rings. The van der Waals surface area contributed by atoms with Crippen LogP contribution in [0.2, 0.25) is 0 Å². The number of aromatic nitrogens is 1. The average molecular weight is 392 g/mol. The molecule has 29 heavy (non-hydrogen) atoms. The number of carbonyl (C=O) groups is 1. The van der Waals surface area contributed by atoms with Gasteiger partial charge in [-0.15, -0.1) is 0 Å². The van der Waals surface area contributed by atoms with Gasteiger partial charge in [-0.3, -0.25) is 0 Å². The first-order chi connectivity index (χ1) is 14.1. The Bertz CT molecular complexity index is 991. The predicted octanol–water partition coefficient (Wildman–Crippen LogP) is 4.88. The molecule has 5 heteroatoms.